The standard InChI is InChI=1S/C16H16N2OS/c1-3-19-13-8-5-7-12(10-13)18-15-11(2)6-4-9-14(15)17-16(18)20/h4-10H,3H2,1-2H3,(H,17,20). The van der Waals surface area contributed by atoms with Gasteiger partial charge in [-0.3, -0.25) is 4.57 Å². The molecule has 2 aromatic carbocycles. The fourth-order valence-electron chi connectivity index (χ4n) is 2.45. The number of aromatic amines is 1. The summed E-state index contributed by atoms with van der Waals surface area (Å²) in [5, 5.41) is 0. The molecule has 0 atom stereocenters. The van der Waals surface area contributed by atoms with Gasteiger partial charge in [0.1, 0.15) is 5.75 Å². The normalized spacial score (nSPS) is 10.9. The third-order valence-corrected chi connectivity index (χ3v) is 3.58. The number of imidazole rings is 1. The number of nitrogens with zero attached hydrogens (tertiary/aromatic N) is 1. The quantitative estimate of drug-likeness (QED) is 0.723. The Kier molecular flexibility index (Phi) is 3.32. The van der Waals surface area contributed by atoms with Crippen LogP contribution in [-0.4, -0.2) is 16.2 Å². The van der Waals surface area contributed by atoms with Crippen molar-refractivity contribution in [1.29, 1.82) is 0 Å². The highest BCUT2D eigenvalue weighted by molar-refractivity contribution is 7.71. The highest BCUT2D eigenvalue weighted by Gasteiger charge is 2.09. The van der Waals surface area contributed by atoms with Gasteiger partial charge in [-0.2, -0.15) is 0 Å². The summed E-state index contributed by atoms with van der Waals surface area (Å²) in [7, 11) is 0. The Morgan fingerprint density at radius 3 is 2.80 bits per heavy atom. The van der Waals surface area contributed by atoms with Gasteiger partial charge < -0.3 is 9.72 Å². The Labute approximate surface area is 122 Å². The van der Waals surface area contributed by atoms with E-state index in [9.17, 15) is 0 Å². The molecule has 0 amide bonds. The molecule has 0 aliphatic heterocycles. The molecular formula is C16H16N2OS. The number of para-hydroxylation sites is 1. The van der Waals surface area contributed by atoms with Gasteiger partial charge in [0, 0.05) is 6.07 Å². The van der Waals surface area contributed by atoms with E-state index in [-0.39, 0.29) is 0 Å². The molecule has 3 nitrogen and oxygen atoms in total. The number of hydrogen-bond acceptors (Lipinski definition) is 2. The van der Waals surface area contributed by atoms with Crippen molar-refractivity contribution in [2.45, 2.75) is 13.8 Å². The molecule has 20 heavy (non-hydrogen) atoms. The lowest BCUT2D eigenvalue weighted by atomic mass is 10.2. The molecule has 0 radical (unpaired) electrons. The average molecular weight is 284 g/mol. The van der Waals surface area contributed by atoms with E-state index in [2.05, 4.69) is 22.5 Å². The minimum atomic E-state index is 0.655. The van der Waals surface area contributed by atoms with Crippen LogP contribution in [0.1, 0.15) is 12.5 Å². The zero-order chi connectivity index (χ0) is 14.1. The molecule has 1 N–H and O–H groups in total. The Hall–Kier alpha value is -2.07. The molecular weight excluding hydrogens is 268 g/mol. The van der Waals surface area contributed by atoms with Crippen LogP contribution >= 0.6 is 12.2 Å². The first kappa shape index (κ1) is 12.9. The Bertz CT molecular complexity index is 817. The number of aryl methyl sites for hydroxylation is 1. The second-order valence-corrected chi connectivity index (χ2v) is 5.05. The molecule has 0 spiro atoms. The van der Waals surface area contributed by atoms with Crippen molar-refractivity contribution >= 4 is 23.3 Å². The number of H-pyrrole nitrogens is 1. The van der Waals surface area contributed by atoms with E-state index in [4.69, 9.17) is 17.0 Å². The number of benzene rings is 2. The largest absolute Gasteiger partial charge is 0.494 e. The van der Waals surface area contributed by atoms with Crippen molar-refractivity contribution in [2.24, 2.45) is 0 Å². The Morgan fingerprint density at radius 2 is 2.00 bits per heavy atom. The van der Waals surface area contributed by atoms with E-state index in [1.54, 1.807) is 0 Å². The fourth-order valence-corrected chi connectivity index (χ4v) is 2.76. The minimum Gasteiger partial charge on any atom is -0.494 e. The monoisotopic (exact) mass is 284 g/mol. The van der Waals surface area contributed by atoms with Gasteiger partial charge in [-0.15, -0.1) is 0 Å². The maximum atomic E-state index is 5.57. The van der Waals surface area contributed by atoms with Gasteiger partial charge in [0.25, 0.3) is 0 Å². The molecule has 0 unspecified atom stereocenters. The van der Waals surface area contributed by atoms with Gasteiger partial charge in [0.05, 0.1) is 23.3 Å². The molecule has 0 aliphatic rings. The summed E-state index contributed by atoms with van der Waals surface area (Å²) in [6.45, 7) is 4.73. The van der Waals surface area contributed by atoms with Crippen molar-refractivity contribution in [2.75, 3.05) is 6.61 Å². The zero-order valence-electron chi connectivity index (χ0n) is 11.5. The zero-order valence-corrected chi connectivity index (χ0v) is 12.3. The summed E-state index contributed by atoms with van der Waals surface area (Å²) in [5.41, 5.74) is 4.38. The number of aromatic nitrogens is 2. The average Bonchev–Trinajstić information content (AvgIpc) is 2.77. The van der Waals surface area contributed by atoms with Crippen LogP contribution in [0.2, 0.25) is 0 Å². The smallest absolute Gasteiger partial charge is 0.182 e. The van der Waals surface area contributed by atoms with Gasteiger partial charge in [0.2, 0.25) is 0 Å². The molecule has 1 aromatic heterocycles. The Balaban J connectivity index is 2.26. The van der Waals surface area contributed by atoms with Crippen molar-refractivity contribution in [1.82, 2.24) is 9.55 Å². The molecule has 0 saturated heterocycles. The van der Waals surface area contributed by atoms with Crippen LogP contribution in [0.4, 0.5) is 0 Å². The Morgan fingerprint density at radius 1 is 1.20 bits per heavy atom. The third kappa shape index (κ3) is 2.12. The van der Waals surface area contributed by atoms with Crippen LogP contribution in [0, 0.1) is 11.7 Å². The molecule has 0 aliphatic carbocycles. The summed E-state index contributed by atoms with van der Waals surface area (Å²) in [6, 6.07) is 14.2. The molecule has 3 rings (SSSR count). The first-order valence-corrected chi connectivity index (χ1v) is 7.05. The van der Waals surface area contributed by atoms with E-state index in [1.807, 2.05) is 43.3 Å². The highest BCUT2D eigenvalue weighted by Crippen LogP contribution is 2.24. The lowest BCUT2D eigenvalue weighted by Crippen LogP contribution is -1.97. The number of ether oxygens (including phenoxy) is 1. The van der Waals surface area contributed by atoms with Crippen molar-refractivity contribution in [3.63, 3.8) is 0 Å². The van der Waals surface area contributed by atoms with E-state index in [0.717, 1.165) is 22.5 Å². The summed E-state index contributed by atoms with van der Waals surface area (Å²) in [4.78, 5) is 3.25. The number of nitrogens with one attached hydrogen (secondary N) is 1. The van der Waals surface area contributed by atoms with Crippen LogP contribution in [0.25, 0.3) is 16.7 Å². The molecule has 0 bridgehead atoms. The van der Waals surface area contributed by atoms with E-state index in [1.165, 1.54) is 5.56 Å². The molecule has 3 aromatic rings. The number of rotatable bonds is 3. The maximum Gasteiger partial charge on any atom is 0.182 e. The molecule has 4 heteroatoms. The SMILES string of the molecule is CCOc1cccc(-n2c(=S)[nH]c3cccc(C)c32)c1. The third-order valence-electron chi connectivity index (χ3n) is 3.29. The minimum absolute atomic E-state index is 0.655. The number of hydrogen-bond donors (Lipinski definition) is 1. The fraction of sp³-hybridized carbons (Fsp3) is 0.188. The lowest BCUT2D eigenvalue weighted by molar-refractivity contribution is 0.340. The van der Waals surface area contributed by atoms with Gasteiger partial charge >= 0.3 is 0 Å². The van der Waals surface area contributed by atoms with Crippen LogP contribution < -0.4 is 4.74 Å². The number of fused-ring (bicyclic) bond motifs is 1. The van der Waals surface area contributed by atoms with Crippen LogP contribution in [0.5, 0.6) is 5.75 Å². The predicted molar refractivity (Wildman–Crippen MR) is 84.4 cm³/mol. The molecule has 0 saturated carbocycles. The topological polar surface area (TPSA) is 29.9 Å². The lowest BCUT2D eigenvalue weighted by Gasteiger charge is -2.09. The van der Waals surface area contributed by atoms with Crippen LogP contribution in [0.3, 0.4) is 0 Å². The van der Waals surface area contributed by atoms with E-state index in [0.29, 0.717) is 11.4 Å². The van der Waals surface area contributed by atoms with Crippen LogP contribution in [-0.2, 0) is 0 Å². The predicted octanol–water partition coefficient (Wildman–Crippen LogP) is 4.40. The maximum absolute atomic E-state index is 5.57. The summed E-state index contributed by atoms with van der Waals surface area (Å²) < 4.78 is 8.32. The molecule has 0 fully saturated rings. The first-order chi connectivity index (χ1) is 9.70. The van der Waals surface area contributed by atoms with Crippen molar-refractivity contribution in [3.8, 4) is 11.4 Å². The summed E-state index contributed by atoms with van der Waals surface area (Å²) in [6.07, 6.45) is 0. The molecule has 1 heterocycles. The van der Waals surface area contributed by atoms with Gasteiger partial charge in [-0.05, 0) is 49.8 Å². The van der Waals surface area contributed by atoms with Gasteiger partial charge in [-0.25, -0.2) is 0 Å². The second kappa shape index (κ2) is 5.13. The van der Waals surface area contributed by atoms with Gasteiger partial charge in [-0.1, -0.05) is 18.2 Å². The van der Waals surface area contributed by atoms with E-state index < -0.39 is 0 Å². The van der Waals surface area contributed by atoms with Crippen molar-refractivity contribution < 1.29 is 4.74 Å². The van der Waals surface area contributed by atoms with Gasteiger partial charge in [0.15, 0.2) is 4.77 Å². The summed E-state index contributed by atoms with van der Waals surface area (Å²) >= 11 is 5.47. The molecule has 102 valence electrons. The van der Waals surface area contributed by atoms with Crippen LogP contribution in [0.15, 0.2) is 42.5 Å². The second-order valence-electron chi connectivity index (χ2n) is 4.67. The summed E-state index contributed by atoms with van der Waals surface area (Å²) in [5.74, 6) is 0.856. The first-order valence-electron chi connectivity index (χ1n) is 6.64. The highest BCUT2D eigenvalue weighted by atomic mass is 32.1. The van der Waals surface area contributed by atoms with Crippen molar-refractivity contribution in [3.05, 3.63) is 52.8 Å². The van der Waals surface area contributed by atoms with E-state index >= 15 is 0 Å².